The van der Waals surface area contributed by atoms with Gasteiger partial charge in [0.05, 0.1) is 0 Å². The SMILES string of the molecule is ClC(Cl)(Cl)[P+](OBr)(OBr)OBr. The lowest BCUT2D eigenvalue weighted by Gasteiger charge is -2.17. The van der Waals surface area contributed by atoms with E-state index in [-0.39, 0.29) is 0 Å². The standard InChI is InChI=1S/CBr3Cl3O3P/c2-8-11(9-3,10-4)1(5,6)7/q+1. The van der Waals surface area contributed by atoms with Crippen molar-refractivity contribution in [1.29, 1.82) is 0 Å². The molecule has 0 aromatic rings. The lowest BCUT2D eigenvalue weighted by molar-refractivity contribution is 0.459. The summed E-state index contributed by atoms with van der Waals surface area (Å²) in [7, 11) is -3.08. The van der Waals surface area contributed by atoms with E-state index in [9.17, 15) is 0 Å². The van der Waals surface area contributed by atoms with Crippen LogP contribution < -0.4 is 0 Å². The quantitative estimate of drug-likeness (QED) is 0.457. The second-order valence-electron chi connectivity index (χ2n) is 1.17. The maximum Gasteiger partial charge on any atom is 0.503 e. The minimum absolute atomic E-state index is 1.82. The van der Waals surface area contributed by atoms with E-state index in [1.54, 1.807) is 0 Å². The molecule has 0 atom stereocenters. The lowest BCUT2D eigenvalue weighted by Crippen LogP contribution is -2.11. The third-order valence-corrected chi connectivity index (χ3v) is 7.04. The number of hydrogen-bond donors (Lipinski definition) is 0. The zero-order valence-corrected chi connectivity index (χ0v) is 12.4. The average Bonchev–Trinajstić information content (AvgIpc) is 1.90. The summed E-state index contributed by atoms with van der Waals surface area (Å²) in [5.74, 6) is 0. The van der Waals surface area contributed by atoms with Gasteiger partial charge in [0.25, 0.3) is 0 Å². The van der Waals surface area contributed by atoms with Gasteiger partial charge in [0.2, 0.25) is 0 Å². The molecule has 0 aliphatic heterocycles. The van der Waals surface area contributed by atoms with E-state index in [0.29, 0.717) is 0 Å². The van der Waals surface area contributed by atoms with Crippen LogP contribution in [0.5, 0.6) is 0 Å². The van der Waals surface area contributed by atoms with E-state index >= 15 is 0 Å². The first-order valence-electron chi connectivity index (χ1n) is 1.80. The predicted octanol–water partition coefficient (Wildman–Crippen LogP) is 5.06. The van der Waals surface area contributed by atoms with Crippen molar-refractivity contribution >= 4 is 91.5 Å². The lowest BCUT2D eigenvalue weighted by atomic mass is 11.8. The highest BCUT2D eigenvalue weighted by Crippen LogP contribution is 2.79. The largest absolute Gasteiger partial charge is 0.503 e. The molecule has 0 heterocycles. The van der Waals surface area contributed by atoms with Gasteiger partial charge in [0.15, 0.2) is 48.8 Å². The fraction of sp³-hybridized carbons (Fsp3) is 1.00. The minimum Gasteiger partial charge on any atom is -0.0932 e. The van der Waals surface area contributed by atoms with Crippen molar-refractivity contribution in [3.05, 3.63) is 0 Å². The van der Waals surface area contributed by atoms with Crippen molar-refractivity contribution in [3.63, 3.8) is 0 Å². The Hall–Kier alpha value is 2.62. The molecule has 0 spiro atoms. The topological polar surface area (TPSA) is 27.7 Å². The molecule has 0 saturated heterocycles. The van der Waals surface area contributed by atoms with E-state index in [4.69, 9.17) is 34.8 Å². The molecular formula is CBr3Cl3O3P+. The van der Waals surface area contributed by atoms with Crippen LogP contribution in [0.15, 0.2) is 0 Å². The van der Waals surface area contributed by atoms with Crippen molar-refractivity contribution in [3.8, 4) is 0 Å². The van der Waals surface area contributed by atoms with Crippen LogP contribution in [0.1, 0.15) is 0 Å². The highest BCUT2D eigenvalue weighted by molar-refractivity contribution is 9.08. The molecule has 10 heteroatoms. The highest BCUT2D eigenvalue weighted by Gasteiger charge is 2.66. The molecule has 0 unspecified atom stereocenters. The Labute approximate surface area is 105 Å². The van der Waals surface area contributed by atoms with Gasteiger partial charge in [0.1, 0.15) is 0 Å². The predicted molar refractivity (Wildman–Crippen MR) is 57.2 cm³/mol. The molecule has 0 aromatic heterocycles. The number of hydrogen-bond acceptors (Lipinski definition) is 3. The zero-order valence-electron chi connectivity index (χ0n) is 4.44. The summed E-state index contributed by atoms with van der Waals surface area (Å²) in [6.45, 7) is 0. The number of alkyl halides is 3. The van der Waals surface area contributed by atoms with Crippen molar-refractivity contribution < 1.29 is 10.8 Å². The van der Waals surface area contributed by atoms with E-state index in [0.717, 1.165) is 0 Å². The molecule has 0 aliphatic rings. The first-order valence-corrected chi connectivity index (χ1v) is 6.42. The maximum absolute atomic E-state index is 5.47. The van der Waals surface area contributed by atoms with Crippen LogP contribution >= 0.6 is 91.5 Å². The van der Waals surface area contributed by atoms with Gasteiger partial charge in [-0.3, -0.25) is 0 Å². The average molecular weight is 437 g/mol. The summed E-state index contributed by atoms with van der Waals surface area (Å²) in [5.41, 5.74) is 0. The van der Waals surface area contributed by atoms with Crippen LogP contribution in [0, 0.1) is 0 Å². The van der Waals surface area contributed by atoms with Gasteiger partial charge in [-0.25, -0.2) is 0 Å². The molecule has 0 aromatic carbocycles. The molecule has 0 aliphatic carbocycles. The molecule has 0 amide bonds. The molecule has 0 fully saturated rings. The van der Waals surface area contributed by atoms with E-state index in [2.05, 4.69) is 59.6 Å². The molecule has 0 N–H and O–H groups in total. The molecular weight excluding hydrogens is 437 g/mol. The first-order chi connectivity index (χ1) is 4.93. The highest BCUT2D eigenvalue weighted by atomic mass is 79.9. The number of halogens is 6. The van der Waals surface area contributed by atoms with Gasteiger partial charge >= 0.3 is 11.5 Å². The summed E-state index contributed by atoms with van der Waals surface area (Å²) in [5, 5.41) is 0. The van der Waals surface area contributed by atoms with Crippen LogP contribution in [0.25, 0.3) is 0 Å². The van der Waals surface area contributed by atoms with Crippen molar-refractivity contribution in [2.45, 2.75) is 3.53 Å². The summed E-state index contributed by atoms with van der Waals surface area (Å²) in [6.07, 6.45) is 0. The Morgan fingerprint density at radius 3 is 1.18 bits per heavy atom. The Bertz CT molecular complexity index is 117. The molecule has 68 valence electrons. The van der Waals surface area contributed by atoms with Gasteiger partial charge in [0, 0.05) is 0 Å². The summed E-state index contributed by atoms with van der Waals surface area (Å²) >= 11 is 24.3. The third-order valence-electron chi connectivity index (χ3n) is 0.583. The minimum atomic E-state index is -3.08. The maximum atomic E-state index is 5.47. The summed E-state index contributed by atoms with van der Waals surface area (Å²) < 4.78 is 12.0. The molecule has 0 bridgehead atoms. The van der Waals surface area contributed by atoms with Gasteiger partial charge in [-0.15, -0.1) is 0 Å². The van der Waals surface area contributed by atoms with E-state index in [1.165, 1.54) is 0 Å². The van der Waals surface area contributed by atoms with Crippen LogP contribution in [0.3, 0.4) is 0 Å². The third kappa shape index (κ3) is 3.35. The Morgan fingerprint density at radius 2 is 1.18 bits per heavy atom. The van der Waals surface area contributed by atoms with Crippen molar-refractivity contribution in [1.82, 2.24) is 0 Å². The molecule has 3 nitrogen and oxygen atoms in total. The Morgan fingerprint density at radius 1 is 0.909 bits per heavy atom. The van der Waals surface area contributed by atoms with Crippen molar-refractivity contribution in [2.24, 2.45) is 0 Å². The van der Waals surface area contributed by atoms with Crippen molar-refractivity contribution in [2.75, 3.05) is 0 Å². The van der Waals surface area contributed by atoms with Crippen LogP contribution in [-0.4, -0.2) is 3.53 Å². The molecule has 0 rings (SSSR count). The summed E-state index contributed by atoms with van der Waals surface area (Å²) in [6, 6.07) is 0. The summed E-state index contributed by atoms with van der Waals surface area (Å²) in [4.78, 5) is 0. The second-order valence-corrected chi connectivity index (χ2v) is 8.93. The normalized spacial score (nSPS) is 13.6. The van der Waals surface area contributed by atoms with Gasteiger partial charge in [-0.1, -0.05) is 10.8 Å². The monoisotopic (exact) mass is 433 g/mol. The van der Waals surface area contributed by atoms with Crippen LogP contribution in [0.4, 0.5) is 0 Å². The molecule has 0 saturated carbocycles. The first kappa shape index (κ1) is 13.6. The zero-order chi connectivity index (χ0) is 9.12. The van der Waals surface area contributed by atoms with Crippen LogP contribution in [-0.2, 0) is 10.8 Å². The fourth-order valence-electron chi connectivity index (χ4n) is 0.149. The van der Waals surface area contributed by atoms with Crippen LogP contribution in [0.2, 0.25) is 0 Å². The van der Waals surface area contributed by atoms with E-state index < -0.39 is 11.5 Å². The Balaban J connectivity index is 4.54. The smallest absolute Gasteiger partial charge is 0.0932 e. The second kappa shape index (κ2) is 5.49. The van der Waals surface area contributed by atoms with Gasteiger partial charge in [-0.05, 0) is 34.8 Å². The van der Waals surface area contributed by atoms with Gasteiger partial charge in [-0.2, -0.15) is 0 Å². The van der Waals surface area contributed by atoms with E-state index in [1.807, 2.05) is 0 Å². The molecule has 11 heavy (non-hydrogen) atoms. The van der Waals surface area contributed by atoms with Gasteiger partial charge < -0.3 is 0 Å². The Kier molecular flexibility index (Phi) is 6.80. The number of rotatable bonds is 3. The molecule has 0 radical (unpaired) electrons. The fourth-order valence-corrected chi connectivity index (χ4v) is 8.08.